The molecule has 0 spiro atoms. The third-order valence-corrected chi connectivity index (χ3v) is 5.48. The Bertz CT molecular complexity index is 271. The summed E-state index contributed by atoms with van der Waals surface area (Å²) in [6.07, 6.45) is 25.1. The van der Waals surface area contributed by atoms with E-state index in [1.807, 2.05) is 0 Å². The Labute approximate surface area is 146 Å². The van der Waals surface area contributed by atoms with Gasteiger partial charge in [-0.2, -0.15) is 0 Å². The van der Waals surface area contributed by atoms with E-state index < -0.39 is 0 Å². The predicted octanol–water partition coefficient (Wildman–Crippen LogP) is 7.62. The highest BCUT2D eigenvalue weighted by molar-refractivity contribution is 5.78. The lowest BCUT2D eigenvalue weighted by molar-refractivity contribution is -0.120. The van der Waals surface area contributed by atoms with Gasteiger partial charge in [-0.15, -0.1) is 0 Å². The highest BCUT2D eigenvalue weighted by atomic mass is 16.1. The van der Waals surface area contributed by atoms with Gasteiger partial charge in [0.1, 0.15) is 5.78 Å². The summed E-state index contributed by atoms with van der Waals surface area (Å²) in [6, 6.07) is 0. The van der Waals surface area contributed by atoms with Crippen LogP contribution in [0.1, 0.15) is 129 Å². The summed E-state index contributed by atoms with van der Waals surface area (Å²) in [4.78, 5) is 12.0. The fraction of sp³-hybridized carbons (Fsp3) is 0.955. The van der Waals surface area contributed by atoms with Crippen LogP contribution in [0.4, 0.5) is 0 Å². The van der Waals surface area contributed by atoms with E-state index in [4.69, 9.17) is 0 Å². The van der Waals surface area contributed by atoms with Crippen LogP contribution in [-0.4, -0.2) is 5.78 Å². The number of carbonyl (C=O) groups excluding carboxylic acids is 1. The van der Waals surface area contributed by atoms with Crippen molar-refractivity contribution in [3.05, 3.63) is 0 Å². The molecule has 0 saturated heterocycles. The Hall–Kier alpha value is -0.330. The van der Waals surface area contributed by atoms with Gasteiger partial charge in [-0.3, -0.25) is 4.79 Å². The summed E-state index contributed by atoms with van der Waals surface area (Å²) in [5.74, 6) is 1.12. The molecule has 1 saturated carbocycles. The molecule has 1 rings (SSSR count). The van der Waals surface area contributed by atoms with Crippen LogP contribution in [0, 0.1) is 5.92 Å². The van der Waals surface area contributed by atoms with Gasteiger partial charge in [0.15, 0.2) is 0 Å². The lowest BCUT2D eigenvalue weighted by Crippen LogP contribution is -2.05. The van der Waals surface area contributed by atoms with Crippen molar-refractivity contribution in [3.63, 3.8) is 0 Å². The Balaban J connectivity index is 2.17. The van der Waals surface area contributed by atoms with Gasteiger partial charge in [-0.25, -0.2) is 0 Å². The third kappa shape index (κ3) is 13.8. The zero-order valence-electron chi connectivity index (χ0n) is 15.9. The number of carbonyl (C=O) groups is 1. The average Bonchev–Trinajstić information content (AvgIpc) is 2.53. The van der Waals surface area contributed by atoms with E-state index in [-0.39, 0.29) is 0 Å². The Morgan fingerprint density at radius 1 is 0.565 bits per heavy atom. The van der Waals surface area contributed by atoms with Gasteiger partial charge >= 0.3 is 0 Å². The lowest BCUT2D eigenvalue weighted by Gasteiger charge is -2.10. The van der Waals surface area contributed by atoms with Gasteiger partial charge in [0.05, 0.1) is 0 Å². The second-order valence-electron chi connectivity index (χ2n) is 8.04. The van der Waals surface area contributed by atoms with Crippen molar-refractivity contribution < 1.29 is 4.79 Å². The zero-order valence-corrected chi connectivity index (χ0v) is 15.9. The zero-order chi connectivity index (χ0) is 16.6. The first-order valence-electron chi connectivity index (χ1n) is 10.8. The van der Waals surface area contributed by atoms with Crippen molar-refractivity contribution in [2.24, 2.45) is 5.92 Å². The van der Waals surface area contributed by atoms with Gasteiger partial charge in [-0.1, -0.05) is 110 Å². The Morgan fingerprint density at radius 2 is 0.913 bits per heavy atom. The van der Waals surface area contributed by atoms with Crippen LogP contribution in [0.15, 0.2) is 0 Å². The minimum Gasteiger partial charge on any atom is -0.300 e. The molecule has 0 aromatic rings. The maximum Gasteiger partial charge on any atom is 0.133 e. The molecule has 0 amide bonds. The molecule has 1 atom stereocenters. The van der Waals surface area contributed by atoms with Crippen LogP contribution in [-0.2, 0) is 4.79 Å². The van der Waals surface area contributed by atoms with Crippen LogP contribution >= 0.6 is 0 Å². The molecule has 0 N–H and O–H groups in total. The second-order valence-corrected chi connectivity index (χ2v) is 8.04. The summed E-state index contributed by atoms with van der Waals surface area (Å²) in [7, 11) is 0. The number of hydrogen-bond acceptors (Lipinski definition) is 1. The molecule has 1 aliphatic rings. The van der Waals surface area contributed by atoms with Gasteiger partial charge in [-0.05, 0) is 12.3 Å². The SMILES string of the molecule is CC1CCCCCCCCCCCCCCCCCCC(=O)C1. The molecule has 0 aliphatic heterocycles. The van der Waals surface area contributed by atoms with Crippen molar-refractivity contribution in [3.8, 4) is 0 Å². The maximum absolute atomic E-state index is 12.0. The first-order valence-corrected chi connectivity index (χ1v) is 10.8. The van der Waals surface area contributed by atoms with Gasteiger partial charge in [0.2, 0.25) is 0 Å². The van der Waals surface area contributed by atoms with Crippen molar-refractivity contribution in [1.82, 2.24) is 0 Å². The van der Waals surface area contributed by atoms with Gasteiger partial charge in [0.25, 0.3) is 0 Å². The monoisotopic (exact) mass is 322 g/mol. The second kappa shape index (κ2) is 15.2. The number of hydrogen-bond donors (Lipinski definition) is 0. The molecule has 136 valence electrons. The first kappa shape index (κ1) is 20.7. The molecule has 0 aromatic carbocycles. The van der Waals surface area contributed by atoms with E-state index in [0.717, 1.165) is 19.3 Å². The fourth-order valence-electron chi connectivity index (χ4n) is 3.88. The quantitative estimate of drug-likeness (QED) is 0.448. The molecular formula is C22H42O. The van der Waals surface area contributed by atoms with E-state index in [2.05, 4.69) is 6.92 Å². The topological polar surface area (TPSA) is 17.1 Å². The standard InChI is InChI=1S/C22H42O/c1-21-18-16-14-12-10-8-6-4-2-3-5-7-9-11-13-15-17-19-22(23)20-21/h21H,2-20H2,1H3. The minimum atomic E-state index is 0.517. The minimum absolute atomic E-state index is 0.517. The van der Waals surface area contributed by atoms with Gasteiger partial charge < -0.3 is 0 Å². The summed E-state index contributed by atoms with van der Waals surface area (Å²) >= 11 is 0. The molecule has 1 fully saturated rings. The molecule has 0 heterocycles. The van der Waals surface area contributed by atoms with E-state index in [1.54, 1.807) is 0 Å². The molecule has 0 bridgehead atoms. The van der Waals surface area contributed by atoms with Crippen molar-refractivity contribution in [2.75, 3.05) is 0 Å². The highest BCUT2D eigenvalue weighted by Gasteiger charge is 2.09. The van der Waals surface area contributed by atoms with Crippen molar-refractivity contribution in [1.29, 1.82) is 0 Å². The van der Waals surface area contributed by atoms with Crippen molar-refractivity contribution >= 4 is 5.78 Å². The maximum atomic E-state index is 12.0. The Morgan fingerprint density at radius 3 is 1.35 bits per heavy atom. The molecule has 1 aliphatic carbocycles. The molecule has 1 unspecified atom stereocenters. The highest BCUT2D eigenvalue weighted by Crippen LogP contribution is 2.18. The molecular weight excluding hydrogens is 280 g/mol. The summed E-state index contributed by atoms with van der Waals surface area (Å²) < 4.78 is 0. The molecule has 0 aromatic heterocycles. The molecule has 1 heteroatoms. The summed E-state index contributed by atoms with van der Waals surface area (Å²) in [6.45, 7) is 2.27. The lowest BCUT2D eigenvalue weighted by atomic mass is 9.95. The molecule has 0 radical (unpaired) electrons. The molecule has 1 nitrogen and oxygen atoms in total. The predicted molar refractivity (Wildman–Crippen MR) is 102 cm³/mol. The van der Waals surface area contributed by atoms with E-state index >= 15 is 0 Å². The molecule has 23 heavy (non-hydrogen) atoms. The van der Waals surface area contributed by atoms with Crippen LogP contribution in [0.3, 0.4) is 0 Å². The van der Waals surface area contributed by atoms with E-state index in [1.165, 1.54) is 103 Å². The van der Waals surface area contributed by atoms with Crippen molar-refractivity contribution in [2.45, 2.75) is 129 Å². The average molecular weight is 323 g/mol. The number of rotatable bonds is 0. The Kier molecular flexibility index (Phi) is 13.7. The first-order chi connectivity index (χ1) is 11.3. The number of ketones is 1. The van der Waals surface area contributed by atoms with E-state index in [9.17, 15) is 4.79 Å². The van der Waals surface area contributed by atoms with Crippen LogP contribution < -0.4 is 0 Å². The number of Topliss-reactive ketones (excluding diaryl/α,β-unsaturated/α-hetero) is 1. The van der Waals surface area contributed by atoms with Crippen LogP contribution in [0.2, 0.25) is 0 Å². The summed E-state index contributed by atoms with van der Waals surface area (Å²) in [5, 5.41) is 0. The fourth-order valence-corrected chi connectivity index (χ4v) is 3.88. The smallest absolute Gasteiger partial charge is 0.133 e. The van der Waals surface area contributed by atoms with Crippen LogP contribution in [0.5, 0.6) is 0 Å². The van der Waals surface area contributed by atoms with Gasteiger partial charge in [0, 0.05) is 12.8 Å². The van der Waals surface area contributed by atoms with E-state index in [0.29, 0.717) is 11.7 Å². The summed E-state index contributed by atoms with van der Waals surface area (Å²) in [5.41, 5.74) is 0. The van der Waals surface area contributed by atoms with Crippen LogP contribution in [0.25, 0.3) is 0 Å². The largest absolute Gasteiger partial charge is 0.300 e. The third-order valence-electron chi connectivity index (χ3n) is 5.48. The normalized spacial score (nSPS) is 26.3.